The smallest absolute Gasteiger partial charge is 0.262 e. The summed E-state index contributed by atoms with van der Waals surface area (Å²) in [5.74, 6) is 1.05. The van der Waals surface area contributed by atoms with Crippen molar-refractivity contribution in [1.82, 2.24) is 5.32 Å². The van der Waals surface area contributed by atoms with E-state index in [1.807, 2.05) is 60.7 Å². The molecule has 0 saturated heterocycles. The third-order valence-corrected chi connectivity index (χ3v) is 5.16. The summed E-state index contributed by atoms with van der Waals surface area (Å²) < 4.78 is 11.7. The Morgan fingerprint density at radius 2 is 1.83 bits per heavy atom. The number of rotatable bonds is 6. The molecule has 154 valence electrons. The van der Waals surface area contributed by atoms with Crippen LogP contribution in [0.3, 0.4) is 0 Å². The molecule has 3 aromatic carbocycles. The normalized spacial score (nSPS) is 15.2. The minimum Gasteiger partial charge on any atom is -0.493 e. The zero-order valence-corrected chi connectivity index (χ0v) is 16.8. The van der Waals surface area contributed by atoms with Gasteiger partial charge in [-0.25, -0.2) is 0 Å². The van der Waals surface area contributed by atoms with E-state index < -0.39 is 6.10 Å². The van der Waals surface area contributed by atoms with Gasteiger partial charge < -0.3 is 19.7 Å². The van der Waals surface area contributed by atoms with Gasteiger partial charge in [-0.1, -0.05) is 48.5 Å². The predicted octanol–water partition coefficient (Wildman–Crippen LogP) is 3.54. The second-order valence-corrected chi connectivity index (χ2v) is 7.12. The van der Waals surface area contributed by atoms with Crippen LogP contribution in [0.1, 0.15) is 12.8 Å². The first-order valence-corrected chi connectivity index (χ1v) is 10.1. The van der Waals surface area contributed by atoms with Gasteiger partial charge in [-0.15, -0.1) is 0 Å². The van der Waals surface area contributed by atoms with Crippen molar-refractivity contribution in [2.24, 2.45) is 0 Å². The second kappa shape index (κ2) is 8.86. The molecule has 1 atom stereocenters. The minimum absolute atomic E-state index is 0.0545. The Morgan fingerprint density at radius 3 is 2.70 bits per heavy atom. The van der Waals surface area contributed by atoms with Crippen molar-refractivity contribution >= 4 is 28.3 Å². The van der Waals surface area contributed by atoms with Crippen LogP contribution in [0.15, 0.2) is 66.7 Å². The molecule has 4 rings (SSSR count). The largest absolute Gasteiger partial charge is 0.493 e. The molecule has 1 N–H and O–H groups in total. The lowest BCUT2D eigenvalue weighted by molar-refractivity contribution is -0.128. The van der Waals surface area contributed by atoms with Gasteiger partial charge in [-0.05, 0) is 30.0 Å². The molecule has 1 aliphatic heterocycles. The molecule has 1 heterocycles. The fraction of sp³-hybridized carbons (Fsp3) is 0.250. The standard InChI is InChI=1S/C24H24N2O4/c1-25-24(28)22-16-26(19-11-4-5-12-21(19)30-22)23(27)14-7-15-29-20-13-6-9-17-8-2-3-10-18(17)20/h2-6,8-13,22H,7,14-16H2,1H3,(H,25,28)/t22-/m0/s1. The molecule has 30 heavy (non-hydrogen) atoms. The van der Waals surface area contributed by atoms with Gasteiger partial charge in [0.1, 0.15) is 11.5 Å². The van der Waals surface area contributed by atoms with Gasteiger partial charge in [-0.2, -0.15) is 0 Å². The van der Waals surface area contributed by atoms with Crippen LogP contribution in [0.4, 0.5) is 5.69 Å². The molecular weight excluding hydrogens is 380 g/mol. The lowest BCUT2D eigenvalue weighted by Crippen LogP contribution is -2.50. The number of nitrogens with one attached hydrogen (secondary N) is 1. The minimum atomic E-state index is -0.721. The number of carbonyl (C=O) groups excluding carboxylic acids is 2. The van der Waals surface area contributed by atoms with Crippen molar-refractivity contribution in [3.05, 3.63) is 66.7 Å². The van der Waals surface area contributed by atoms with E-state index >= 15 is 0 Å². The summed E-state index contributed by atoms with van der Waals surface area (Å²) in [5.41, 5.74) is 0.692. The number of fused-ring (bicyclic) bond motifs is 2. The Morgan fingerprint density at radius 1 is 1.07 bits per heavy atom. The topological polar surface area (TPSA) is 67.9 Å². The fourth-order valence-corrected chi connectivity index (χ4v) is 3.63. The molecule has 6 nitrogen and oxygen atoms in total. The number of ether oxygens (including phenoxy) is 2. The van der Waals surface area contributed by atoms with Crippen LogP contribution in [-0.2, 0) is 9.59 Å². The number of nitrogens with zero attached hydrogens (tertiary/aromatic N) is 1. The Labute approximate surface area is 175 Å². The first-order valence-electron chi connectivity index (χ1n) is 10.1. The quantitative estimate of drug-likeness (QED) is 0.638. The summed E-state index contributed by atoms with van der Waals surface area (Å²) in [6, 6.07) is 21.3. The molecule has 0 radical (unpaired) electrons. The number of amides is 2. The van der Waals surface area contributed by atoms with Gasteiger partial charge in [0.15, 0.2) is 6.10 Å². The van der Waals surface area contributed by atoms with Crippen LogP contribution in [0.2, 0.25) is 0 Å². The van der Waals surface area contributed by atoms with Crippen molar-refractivity contribution < 1.29 is 19.1 Å². The van der Waals surface area contributed by atoms with Crippen LogP contribution >= 0.6 is 0 Å². The Balaban J connectivity index is 1.39. The lowest BCUT2D eigenvalue weighted by Gasteiger charge is -2.34. The summed E-state index contributed by atoms with van der Waals surface area (Å²) in [7, 11) is 1.56. The monoisotopic (exact) mass is 404 g/mol. The zero-order valence-electron chi connectivity index (χ0n) is 16.8. The maximum atomic E-state index is 12.9. The number of benzene rings is 3. The number of hydrogen-bond donors (Lipinski definition) is 1. The number of hydrogen-bond acceptors (Lipinski definition) is 4. The molecule has 0 fully saturated rings. The van der Waals surface area contributed by atoms with Gasteiger partial charge in [-0.3, -0.25) is 9.59 Å². The SMILES string of the molecule is CNC(=O)[C@@H]1CN(C(=O)CCCOc2cccc3ccccc23)c2ccccc2O1. The van der Waals surface area contributed by atoms with Crippen LogP contribution in [0.25, 0.3) is 10.8 Å². The summed E-state index contributed by atoms with van der Waals surface area (Å²) in [4.78, 5) is 26.6. The molecule has 0 aromatic heterocycles. The highest BCUT2D eigenvalue weighted by molar-refractivity contribution is 5.97. The average molecular weight is 404 g/mol. The van der Waals surface area contributed by atoms with E-state index in [9.17, 15) is 9.59 Å². The highest BCUT2D eigenvalue weighted by Crippen LogP contribution is 2.33. The van der Waals surface area contributed by atoms with Gasteiger partial charge >= 0.3 is 0 Å². The number of para-hydroxylation sites is 2. The van der Waals surface area contributed by atoms with E-state index in [0.29, 0.717) is 30.9 Å². The molecule has 2 amide bonds. The highest BCUT2D eigenvalue weighted by atomic mass is 16.5. The highest BCUT2D eigenvalue weighted by Gasteiger charge is 2.32. The third kappa shape index (κ3) is 4.08. The van der Waals surface area contributed by atoms with E-state index in [1.54, 1.807) is 18.0 Å². The second-order valence-electron chi connectivity index (χ2n) is 7.12. The summed E-state index contributed by atoms with van der Waals surface area (Å²) in [6.45, 7) is 0.629. The summed E-state index contributed by atoms with van der Waals surface area (Å²) in [6.07, 6.45) is 0.173. The zero-order chi connectivity index (χ0) is 20.9. The molecule has 0 unspecified atom stereocenters. The summed E-state index contributed by atoms with van der Waals surface area (Å²) in [5, 5.41) is 4.77. The van der Waals surface area contributed by atoms with E-state index in [0.717, 1.165) is 16.5 Å². The van der Waals surface area contributed by atoms with Crippen LogP contribution in [0, 0.1) is 0 Å². The molecule has 0 spiro atoms. The average Bonchev–Trinajstić information content (AvgIpc) is 2.80. The van der Waals surface area contributed by atoms with E-state index in [-0.39, 0.29) is 18.4 Å². The van der Waals surface area contributed by atoms with E-state index in [4.69, 9.17) is 9.47 Å². The van der Waals surface area contributed by atoms with E-state index in [2.05, 4.69) is 5.32 Å². The maximum Gasteiger partial charge on any atom is 0.262 e. The molecule has 0 aliphatic carbocycles. The summed E-state index contributed by atoms with van der Waals surface area (Å²) >= 11 is 0. The van der Waals surface area contributed by atoms with Gasteiger partial charge in [0.2, 0.25) is 5.91 Å². The third-order valence-electron chi connectivity index (χ3n) is 5.16. The van der Waals surface area contributed by atoms with Crippen LogP contribution < -0.4 is 19.7 Å². The maximum absolute atomic E-state index is 12.9. The van der Waals surface area contributed by atoms with Crippen LogP contribution in [0.5, 0.6) is 11.5 Å². The Bertz CT molecular complexity index is 1060. The van der Waals surface area contributed by atoms with Gasteiger partial charge in [0.05, 0.1) is 18.8 Å². The molecule has 1 aliphatic rings. The van der Waals surface area contributed by atoms with Crippen molar-refractivity contribution in [1.29, 1.82) is 0 Å². The first-order chi connectivity index (χ1) is 14.7. The number of likely N-dealkylation sites (N-methyl/N-ethyl adjacent to an activating group) is 1. The number of carbonyl (C=O) groups is 2. The van der Waals surface area contributed by atoms with E-state index in [1.165, 1.54) is 0 Å². The molecule has 0 bridgehead atoms. The predicted molar refractivity (Wildman–Crippen MR) is 116 cm³/mol. The van der Waals surface area contributed by atoms with Crippen molar-refractivity contribution in [2.75, 3.05) is 25.1 Å². The molecular formula is C24H24N2O4. The Hall–Kier alpha value is -3.54. The first kappa shape index (κ1) is 19.8. The molecule has 3 aromatic rings. The van der Waals surface area contributed by atoms with Crippen molar-refractivity contribution in [3.8, 4) is 11.5 Å². The number of anilines is 1. The van der Waals surface area contributed by atoms with Crippen molar-refractivity contribution in [2.45, 2.75) is 18.9 Å². The Kier molecular flexibility index (Phi) is 5.84. The van der Waals surface area contributed by atoms with Gasteiger partial charge in [0.25, 0.3) is 5.91 Å². The van der Waals surface area contributed by atoms with Gasteiger partial charge in [0, 0.05) is 18.9 Å². The lowest BCUT2D eigenvalue weighted by atomic mass is 10.1. The molecule has 6 heteroatoms. The van der Waals surface area contributed by atoms with Crippen LogP contribution in [-0.4, -0.2) is 38.1 Å². The van der Waals surface area contributed by atoms with Crippen molar-refractivity contribution in [3.63, 3.8) is 0 Å². The molecule has 0 saturated carbocycles. The fourth-order valence-electron chi connectivity index (χ4n) is 3.63.